The van der Waals surface area contributed by atoms with Crippen molar-refractivity contribution < 1.29 is 14.3 Å². The van der Waals surface area contributed by atoms with Gasteiger partial charge in [0.25, 0.3) is 0 Å². The molecule has 0 radical (unpaired) electrons. The zero-order chi connectivity index (χ0) is 23.5. The quantitative estimate of drug-likeness (QED) is 0.421. The number of rotatable bonds is 11. The van der Waals surface area contributed by atoms with E-state index in [0.717, 1.165) is 11.1 Å². The summed E-state index contributed by atoms with van der Waals surface area (Å²) in [6.45, 7) is 3.13. The van der Waals surface area contributed by atoms with E-state index < -0.39 is 0 Å². The lowest BCUT2D eigenvalue weighted by Gasteiger charge is -2.26. The van der Waals surface area contributed by atoms with E-state index in [1.807, 2.05) is 85.8 Å². The van der Waals surface area contributed by atoms with Crippen LogP contribution in [-0.2, 0) is 16.1 Å². The zero-order valence-corrected chi connectivity index (χ0v) is 18.8. The number of carbonyl (C=O) groups excluding carboxylic acids is 2. The highest BCUT2D eigenvalue weighted by Crippen LogP contribution is 2.32. The molecule has 172 valence electrons. The molecule has 0 aliphatic carbocycles. The van der Waals surface area contributed by atoms with Crippen LogP contribution in [0.3, 0.4) is 0 Å². The molecule has 3 aromatic carbocycles. The second kappa shape index (κ2) is 12.3. The molecule has 2 amide bonds. The maximum Gasteiger partial charge on any atom is 0.239 e. The number of carbonyl (C=O) groups is 2. The first kappa shape index (κ1) is 23.8. The summed E-state index contributed by atoms with van der Waals surface area (Å²) in [5.41, 5.74) is 8.30. The third-order valence-corrected chi connectivity index (χ3v) is 4.88. The summed E-state index contributed by atoms with van der Waals surface area (Å²) < 4.78 is 6.05. The number of benzene rings is 3. The molecule has 7 nitrogen and oxygen atoms in total. The van der Waals surface area contributed by atoms with Gasteiger partial charge in [-0.05, 0) is 36.8 Å². The van der Waals surface area contributed by atoms with E-state index in [4.69, 9.17) is 10.5 Å². The molecule has 0 unspecified atom stereocenters. The molecule has 0 spiro atoms. The Hall–Kier alpha value is -3.84. The zero-order valence-electron chi connectivity index (χ0n) is 18.8. The lowest BCUT2D eigenvalue weighted by atomic mass is 10.1. The van der Waals surface area contributed by atoms with E-state index in [1.54, 1.807) is 4.90 Å². The molecule has 0 aliphatic rings. The minimum atomic E-state index is -0.221. The highest BCUT2D eigenvalue weighted by molar-refractivity contribution is 5.87. The summed E-state index contributed by atoms with van der Waals surface area (Å²) in [5, 5.41) is 5.70. The number of hydrogen-bond acceptors (Lipinski definition) is 5. The maximum atomic E-state index is 12.8. The normalized spacial score (nSPS) is 10.4. The molecular formula is C26H30N4O3. The molecule has 0 heterocycles. The van der Waals surface area contributed by atoms with E-state index in [9.17, 15) is 9.59 Å². The Morgan fingerprint density at radius 1 is 0.879 bits per heavy atom. The predicted molar refractivity (Wildman–Crippen MR) is 130 cm³/mol. The van der Waals surface area contributed by atoms with Gasteiger partial charge in [-0.1, -0.05) is 60.2 Å². The topological polar surface area (TPSA) is 96.7 Å². The van der Waals surface area contributed by atoms with Crippen molar-refractivity contribution in [3.8, 4) is 11.5 Å². The van der Waals surface area contributed by atoms with Crippen LogP contribution in [0.5, 0.6) is 11.5 Å². The number of aryl methyl sites for hydroxylation is 1. The summed E-state index contributed by atoms with van der Waals surface area (Å²) >= 11 is 0. The summed E-state index contributed by atoms with van der Waals surface area (Å²) in [7, 11) is 0. The minimum absolute atomic E-state index is 0.00295. The highest BCUT2D eigenvalue weighted by Gasteiger charge is 2.19. The predicted octanol–water partition coefficient (Wildman–Crippen LogP) is 2.99. The Bertz CT molecular complexity index is 1060. The Morgan fingerprint density at radius 3 is 2.30 bits per heavy atom. The number of nitrogens with two attached hydrogens (primary N) is 1. The van der Waals surface area contributed by atoms with Crippen LogP contribution >= 0.6 is 0 Å². The highest BCUT2D eigenvalue weighted by atomic mass is 16.5. The van der Waals surface area contributed by atoms with Gasteiger partial charge in [-0.3, -0.25) is 9.59 Å². The Labute approximate surface area is 194 Å². The number of hydrogen-bond donors (Lipinski definition) is 3. The lowest BCUT2D eigenvalue weighted by Crippen LogP contribution is -2.43. The molecule has 0 aromatic heterocycles. The molecule has 7 heteroatoms. The smallest absolute Gasteiger partial charge is 0.239 e. The fraction of sp³-hybridized carbons (Fsp3) is 0.231. The van der Waals surface area contributed by atoms with Crippen LogP contribution in [-0.4, -0.2) is 38.0 Å². The van der Waals surface area contributed by atoms with Gasteiger partial charge >= 0.3 is 0 Å². The van der Waals surface area contributed by atoms with Gasteiger partial charge in [0.2, 0.25) is 11.8 Å². The molecule has 3 rings (SSSR count). The molecule has 0 atom stereocenters. The number of nitrogens with zero attached hydrogens (tertiary/aromatic N) is 1. The largest absolute Gasteiger partial charge is 0.455 e. The van der Waals surface area contributed by atoms with Crippen LogP contribution in [0.1, 0.15) is 11.1 Å². The number of para-hydroxylation sites is 3. The molecule has 33 heavy (non-hydrogen) atoms. The minimum Gasteiger partial charge on any atom is -0.455 e. The average molecular weight is 447 g/mol. The molecule has 0 saturated heterocycles. The van der Waals surface area contributed by atoms with Gasteiger partial charge in [0, 0.05) is 19.6 Å². The van der Waals surface area contributed by atoms with Gasteiger partial charge in [-0.25, -0.2) is 0 Å². The first-order valence-corrected chi connectivity index (χ1v) is 10.9. The first-order valence-electron chi connectivity index (χ1n) is 10.9. The van der Waals surface area contributed by atoms with Crippen LogP contribution < -0.4 is 26.0 Å². The standard InChI is InChI=1S/C26H30N4O3/c1-20-8-7-9-21(16-20)17-29-26(32)19-30(18-25(31)28-15-14-27)23-12-5-6-13-24(23)33-22-10-3-2-4-11-22/h2-13,16H,14-15,17-19,27H2,1H3,(H,28,31)(H,29,32). The molecule has 4 N–H and O–H groups in total. The van der Waals surface area contributed by atoms with E-state index in [0.29, 0.717) is 36.8 Å². The van der Waals surface area contributed by atoms with E-state index >= 15 is 0 Å². The maximum absolute atomic E-state index is 12.8. The monoisotopic (exact) mass is 446 g/mol. The SMILES string of the molecule is Cc1cccc(CNC(=O)CN(CC(=O)NCCN)c2ccccc2Oc2ccccc2)c1. The van der Waals surface area contributed by atoms with Crippen LogP contribution in [0.2, 0.25) is 0 Å². The number of ether oxygens (including phenoxy) is 1. The molecule has 0 saturated carbocycles. The van der Waals surface area contributed by atoms with Crippen molar-refractivity contribution in [1.29, 1.82) is 0 Å². The molecule has 0 bridgehead atoms. The van der Waals surface area contributed by atoms with Crippen molar-refractivity contribution in [3.63, 3.8) is 0 Å². The van der Waals surface area contributed by atoms with Crippen LogP contribution in [0.25, 0.3) is 0 Å². The number of nitrogens with one attached hydrogen (secondary N) is 2. The average Bonchev–Trinajstić information content (AvgIpc) is 2.82. The van der Waals surface area contributed by atoms with Crippen molar-refractivity contribution in [2.24, 2.45) is 5.73 Å². The van der Waals surface area contributed by atoms with Crippen LogP contribution in [0.4, 0.5) is 5.69 Å². The fourth-order valence-corrected chi connectivity index (χ4v) is 3.34. The Balaban J connectivity index is 1.76. The molecule has 0 fully saturated rings. The van der Waals surface area contributed by atoms with Gasteiger partial charge in [0.15, 0.2) is 5.75 Å². The van der Waals surface area contributed by atoms with Crippen molar-refractivity contribution in [2.45, 2.75) is 13.5 Å². The third kappa shape index (κ3) is 7.66. The summed E-state index contributed by atoms with van der Waals surface area (Å²) in [6.07, 6.45) is 0. The van der Waals surface area contributed by atoms with Gasteiger partial charge in [-0.2, -0.15) is 0 Å². The van der Waals surface area contributed by atoms with Crippen molar-refractivity contribution in [2.75, 3.05) is 31.1 Å². The Morgan fingerprint density at radius 2 is 1.58 bits per heavy atom. The van der Waals surface area contributed by atoms with E-state index in [-0.39, 0.29) is 24.9 Å². The second-order valence-corrected chi connectivity index (χ2v) is 7.64. The number of amides is 2. The van der Waals surface area contributed by atoms with Gasteiger partial charge < -0.3 is 26.0 Å². The van der Waals surface area contributed by atoms with Crippen LogP contribution in [0.15, 0.2) is 78.9 Å². The van der Waals surface area contributed by atoms with Gasteiger partial charge in [-0.15, -0.1) is 0 Å². The van der Waals surface area contributed by atoms with E-state index in [2.05, 4.69) is 10.6 Å². The lowest BCUT2D eigenvalue weighted by molar-refractivity contribution is -0.120. The van der Waals surface area contributed by atoms with Gasteiger partial charge in [0.1, 0.15) is 5.75 Å². The molecular weight excluding hydrogens is 416 g/mol. The molecule has 0 aliphatic heterocycles. The van der Waals surface area contributed by atoms with Crippen molar-refractivity contribution >= 4 is 17.5 Å². The summed E-state index contributed by atoms with van der Waals surface area (Å²) in [5.74, 6) is 0.808. The summed E-state index contributed by atoms with van der Waals surface area (Å²) in [6, 6.07) is 24.7. The Kier molecular flexibility index (Phi) is 8.85. The van der Waals surface area contributed by atoms with Gasteiger partial charge in [0.05, 0.1) is 18.8 Å². The summed E-state index contributed by atoms with van der Waals surface area (Å²) in [4.78, 5) is 27.0. The van der Waals surface area contributed by atoms with Crippen molar-refractivity contribution in [3.05, 3.63) is 90.0 Å². The van der Waals surface area contributed by atoms with Crippen LogP contribution in [0, 0.1) is 6.92 Å². The fourth-order valence-electron chi connectivity index (χ4n) is 3.34. The van der Waals surface area contributed by atoms with E-state index in [1.165, 1.54) is 0 Å². The first-order chi connectivity index (χ1) is 16.0. The van der Waals surface area contributed by atoms with Crippen molar-refractivity contribution in [1.82, 2.24) is 10.6 Å². The third-order valence-electron chi connectivity index (χ3n) is 4.88. The second-order valence-electron chi connectivity index (χ2n) is 7.64. The number of anilines is 1. The molecule has 3 aromatic rings.